The van der Waals surface area contributed by atoms with Crippen LogP contribution in [0.5, 0.6) is 0 Å². The summed E-state index contributed by atoms with van der Waals surface area (Å²) < 4.78 is 0. The molecule has 8 atom stereocenters. The molecule has 0 bridgehead atoms. The molecule has 182 valence electrons. The Morgan fingerprint density at radius 1 is 0.938 bits per heavy atom. The van der Waals surface area contributed by atoms with Crippen LogP contribution >= 0.6 is 0 Å². The number of allylic oxidation sites excluding steroid dienone is 1. The second-order valence-corrected chi connectivity index (χ2v) is 13.7. The summed E-state index contributed by atoms with van der Waals surface area (Å²) in [5.74, 6) is 4.14. The van der Waals surface area contributed by atoms with E-state index in [0.29, 0.717) is 10.8 Å². The molecule has 3 nitrogen and oxygen atoms in total. The Balaban J connectivity index is 1.34. The summed E-state index contributed by atoms with van der Waals surface area (Å²) in [5, 5.41) is 20.6. The molecule has 3 heteroatoms. The maximum atomic E-state index is 10.8. The highest BCUT2D eigenvalue weighted by Crippen LogP contribution is 2.68. The van der Waals surface area contributed by atoms with Crippen LogP contribution in [0.1, 0.15) is 92.4 Å². The number of fused-ring (bicyclic) bond motifs is 5. The summed E-state index contributed by atoms with van der Waals surface area (Å²) in [5.41, 5.74) is 2.32. The number of hydrogen-bond acceptors (Lipinski definition) is 3. The monoisotopic (exact) mass is 443 g/mol. The molecule has 5 aliphatic rings. The molecule has 0 spiro atoms. The predicted octanol–water partition coefficient (Wildman–Crippen LogP) is 5.66. The zero-order chi connectivity index (χ0) is 22.9. The Morgan fingerprint density at radius 3 is 2.38 bits per heavy atom. The highest BCUT2D eigenvalue weighted by atomic mass is 16.3. The zero-order valence-electron chi connectivity index (χ0n) is 21.4. The predicted molar refractivity (Wildman–Crippen MR) is 131 cm³/mol. The molecule has 4 fully saturated rings. The largest absolute Gasteiger partial charge is 0.393 e. The van der Waals surface area contributed by atoms with Gasteiger partial charge in [-0.25, -0.2) is 0 Å². The lowest BCUT2D eigenvalue weighted by atomic mass is 9.44. The number of hydrogen-bond donors (Lipinski definition) is 2. The molecule has 1 heterocycles. The van der Waals surface area contributed by atoms with Crippen molar-refractivity contribution in [3.05, 3.63) is 11.6 Å². The Kier molecular flexibility index (Phi) is 5.91. The third-order valence-electron chi connectivity index (χ3n) is 11.8. The third-order valence-corrected chi connectivity index (χ3v) is 11.8. The van der Waals surface area contributed by atoms with E-state index in [9.17, 15) is 10.2 Å². The van der Waals surface area contributed by atoms with Gasteiger partial charge in [-0.1, -0.05) is 46.3 Å². The van der Waals surface area contributed by atoms with Crippen molar-refractivity contribution in [2.24, 2.45) is 45.8 Å². The average molecular weight is 444 g/mol. The highest BCUT2D eigenvalue weighted by molar-refractivity contribution is 5.31. The van der Waals surface area contributed by atoms with Crippen molar-refractivity contribution in [3.63, 3.8) is 0 Å². The molecular weight excluding hydrogens is 394 g/mol. The van der Waals surface area contributed by atoms with E-state index in [4.69, 9.17) is 0 Å². The topological polar surface area (TPSA) is 43.7 Å². The van der Waals surface area contributed by atoms with Gasteiger partial charge < -0.3 is 15.1 Å². The number of aliphatic hydroxyl groups is 2. The average Bonchev–Trinajstić information content (AvgIpc) is 3.10. The van der Waals surface area contributed by atoms with Gasteiger partial charge in [0, 0.05) is 25.0 Å². The molecule has 0 aromatic rings. The van der Waals surface area contributed by atoms with Crippen LogP contribution in [0.4, 0.5) is 0 Å². The van der Waals surface area contributed by atoms with E-state index in [1.54, 1.807) is 5.57 Å². The van der Waals surface area contributed by atoms with Crippen molar-refractivity contribution < 1.29 is 10.2 Å². The van der Waals surface area contributed by atoms with Gasteiger partial charge in [0.15, 0.2) is 0 Å². The molecule has 1 saturated heterocycles. The van der Waals surface area contributed by atoms with Crippen LogP contribution in [0.15, 0.2) is 11.6 Å². The van der Waals surface area contributed by atoms with Crippen molar-refractivity contribution in [2.45, 2.75) is 105 Å². The molecule has 0 aromatic carbocycles. The fourth-order valence-corrected chi connectivity index (χ4v) is 10.0. The summed E-state index contributed by atoms with van der Waals surface area (Å²) in [4.78, 5) is 2.63. The van der Waals surface area contributed by atoms with Gasteiger partial charge in [-0.15, -0.1) is 0 Å². The first-order valence-electron chi connectivity index (χ1n) is 13.9. The summed E-state index contributed by atoms with van der Waals surface area (Å²) >= 11 is 0. The normalized spacial score (nSPS) is 47.8. The second kappa shape index (κ2) is 8.09. The second-order valence-electron chi connectivity index (χ2n) is 13.7. The molecular formula is C29H49NO2. The molecule has 5 rings (SSSR count). The Morgan fingerprint density at radius 2 is 1.66 bits per heavy atom. The van der Waals surface area contributed by atoms with Crippen LogP contribution in [0.2, 0.25) is 0 Å². The minimum atomic E-state index is -0.181. The fourth-order valence-electron chi connectivity index (χ4n) is 10.0. The van der Waals surface area contributed by atoms with Crippen molar-refractivity contribution in [1.82, 2.24) is 4.90 Å². The molecule has 0 aromatic heterocycles. The molecule has 0 amide bonds. The van der Waals surface area contributed by atoms with Gasteiger partial charge in [0.2, 0.25) is 0 Å². The number of rotatable bonds is 3. The molecule has 0 radical (unpaired) electrons. The van der Waals surface area contributed by atoms with Gasteiger partial charge in [0.05, 0.1) is 12.2 Å². The standard InChI is InChI=1S/C29H49NO2/c1-19(18-30-16-12-20(31)13-17-30)22-7-8-23-21-6-9-25-27(2,3)26(32)11-15-29(25,5)24(21)10-14-28(22,23)4/h9,19-24,26,31-32H,6-8,10-18H2,1-5H3/t19-,21+,22-,23+,24+,26?,28-,29-/m1/s1. The maximum Gasteiger partial charge on any atom is 0.0628 e. The Hall–Kier alpha value is -0.380. The van der Waals surface area contributed by atoms with Gasteiger partial charge in [0.1, 0.15) is 0 Å². The zero-order valence-corrected chi connectivity index (χ0v) is 21.4. The number of likely N-dealkylation sites (tertiary alicyclic amines) is 1. The smallest absolute Gasteiger partial charge is 0.0628 e. The minimum Gasteiger partial charge on any atom is -0.393 e. The first-order chi connectivity index (χ1) is 15.1. The van der Waals surface area contributed by atoms with E-state index >= 15 is 0 Å². The van der Waals surface area contributed by atoms with Gasteiger partial charge >= 0.3 is 0 Å². The van der Waals surface area contributed by atoms with Crippen LogP contribution in [0.25, 0.3) is 0 Å². The van der Waals surface area contributed by atoms with Crippen molar-refractivity contribution in [3.8, 4) is 0 Å². The quantitative estimate of drug-likeness (QED) is 0.554. The Bertz CT molecular complexity index is 737. The van der Waals surface area contributed by atoms with Crippen LogP contribution in [0, 0.1) is 45.8 Å². The first kappa shape index (κ1) is 23.4. The molecule has 3 saturated carbocycles. The lowest BCUT2D eigenvalue weighted by Gasteiger charge is -2.61. The highest BCUT2D eigenvalue weighted by Gasteiger charge is 2.61. The fraction of sp³-hybridized carbons (Fsp3) is 0.931. The maximum absolute atomic E-state index is 10.8. The van der Waals surface area contributed by atoms with E-state index in [-0.39, 0.29) is 17.6 Å². The van der Waals surface area contributed by atoms with Crippen molar-refractivity contribution in [2.75, 3.05) is 19.6 Å². The third kappa shape index (κ3) is 3.47. The first-order valence-corrected chi connectivity index (χ1v) is 13.9. The number of nitrogens with zero attached hydrogens (tertiary/aromatic N) is 1. The molecule has 4 aliphatic carbocycles. The van der Waals surface area contributed by atoms with Crippen LogP contribution in [0.3, 0.4) is 0 Å². The summed E-state index contributed by atoms with van der Waals surface area (Å²) in [7, 11) is 0. The summed E-state index contributed by atoms with van der Waals surface area (Å²) in [6, 6.07) is 0. The molecule has 1 unspecified atom stereocenters. The molecule has 32 heavy (non-hydrogen) atoms. The number of piperidine rings is 1. The Labute approximate surface area is 197 Å². The van der Waals surface area contributed by atoms with Crippen LogP contribution < -0.4 is 0 Å². The van der Waals surface area contributed by atoms with Gasteiger partial charge in [-0.3, -0.25) is 0 Å². The lowest BCUT2D eigenvalue weighted by Crippen LogP contribution is -2.54. The van der Waals surface area contributed by atoms with E-state index in [0.717, 1.165) is 61.9 Å². The van der Waals surface area contributed by atoms with E-state index in [1.807, 2.05) is 0 Å². The van der Waals surface area contributed by atoms with Crippen molar-refractivity contribution >= 4 is 0 Å². The van der Waals surface area contributed by atoms with Crippen LogP contribution in [-0.2, 0) is 0 Å². The van der Waals surface area contributed by atoms with Gasteiger partial charge in [-0.05, 0) is 98.2 Å². The van der Waals surface area contributed by atoms with Crippen molar-refractivity contribution in [1.29, 1.82) is 0 Å². The van der Waals surface area contributed by atoms with E-state index in [2.05, 4.69) is 45.6 Å². The molecule has 1 aliphatic heterocycles. The summed E-state index contributed by atoms with van der Waals surface area (Å²) in [6.07, 6.45) is 13.3. The summed E-state index contributed by atoms with van der Waals surface area (Å²) in [6.45, 7) is 15.7. The van der Waals surface area contributed by atoms with E-state index in [1.165, 1.54) is 45.1 Å². The van der Waals surface area contributed by atoms with Gasteiger partial charge in [0.25, 0.3) is 0 Å². The minimum absolute atomic E-state index is 0.0620. The SMILES string of the molecule is C[C@H](CN1CCC(O)CC1)[C@H]1CC[C@H]2[C@@H]3CC=C4C(C)(C)C(O)CC[C@]4(C)[C@H]3CC[C@]12C. The van der Waals surface area contributed by atoms with Gasteiger partial charge in [-0.2, -0.15) is 0 Å². The van der Waals surface area contributed by atoms with Crippen LogP contribution in [-0.4, -0.2) is 47.0 Å². The lowest BCUT2D eigenvalue weighted by molar-refractivity contribution is -0.0792. The number of aliphatic hydroxyl groups excluding tert-OH is 2. The van der Waals surface area contributed by atoms with E-state index < -0.39 is 0 Å². The molecule has 2 N–H and O–H groups in total.